The Labute approximate surface area is 118 Å². The average molecular weight is 294 g/mol. The van der Waals surface area contributed by atoms with Gasteiger partial charge in [-0.25, -0.2) is 4.79 Å². The van der Waals surface area contributed by atoms with Gasteiger partial charge in [-0.3, -0.25) is 9.36 Å². The van der Waals surface area contributed by atoms with Crippen molar-refractivity contribution < 1.29 is 9.84 Å². The largest absolute Gasteiger partial charge is 0.389 e. The molecule has 21 heavy (non-hydrogen) atoms. The van der Waals surface area contributed by atoms with E-state index in [1.165, 1.54) is 13.1 Å². The zero-order chi connectivity index (χ0) is 15.8. The number of rotatable bonds is 3. The van der Waals surface area contributed by atoms with Crippen LogP contribution in [0.1, 0.15) is 18.2 Å². The van der Waals surface area contributed by atoms with E-state index in [2.05, 4.69) is 11.1 Å². The molecule has 1 aliphatic heterocycles. The molecule has 9 nitrogen and oxygen atoms in total. The summed E-state index contributed by atoms with van der Waals surface area (Å²) in [5, 5.41) is 12.7. The summed E-state index contributed by atoms with van der Waals surface area (Å²) in [5.74, 6) is 7.60. The van der Waals surface area contributed by atoms with E-state index in [0.29, 0.717) is 4.68 Å². The van der Waals surface area contributed by atoms with E-state index in [1.807, 2.05) is 0 Å². The summed E-state index contributed by atoms with van der Waals surface area (Å²) < 4.78 is 6.98. The molecular formula is C12H14N4O5. The minimum absolute atomic E-state index is 0.0305. The lowest BCUT2D eigenvalue weighted by molar-refractivity contribution is -0.0599. The van der Waals surface area contributed by atoms with Crippen molar-refractivity contribution in [2.24, 2.45) is 5.18 Å². The van der Waals surface area contributed by atoms with Crippen molar-refractivity contribution in [3.63, 3.8) is 0 Å². The molecular weight excluding hydrogens is 280 g/mol. The van der Waals surface area contributed by atoms with Gasteiger partial charge in [-0.05, 0) is 6.92 Å². The molecule has 9 heteroatoms. The molecule has 0 spiro atoms. The van der Waals surface area contributed by atoms with E-state index in [9.17, 15) is 19.6 Å². The highest BCUT2D eigenvalue weighted by atomic mass is 16.5. The number of aromatic nitrogens is 2. The second-order valence-corrected chi connectivity index (χ2v) is 4.82. The van der Waals surface area contributed by atoms with Crippen LogP contribution in [0.3, 0.4) is 0 Å². The molecule has 1 aliphatic rings. The monoisotopic (exact) mass is 294 g/mol. The minimum Gasteiger partial charge on any atom is -0.389 e. The van der Waals surface area contributed by atoms with Crippen molar-refractivity contribution in [1.82, 2.24) is 9.24 Å². The number of aliphatic hydroxyl groups is 1. The molecule has 0 radical (unpaired) electrons. The first-order chi connectivity index (χ1) is 9.86. The number of aryl methyl sites for hydroxylation is 1. The smallest absolute Gasteiger partial charge is 0.351 e. The molecule has 2 rings (SSSR count). The molecule has 1 fully saturated rings. The Kier molecular flexibility index (Phi) is 3.67. The van der Waals surface area contributed by atoms with Crippen LogP contribution in [-0.4, -0.2) is 32.6 Å². The molecule has 0 bridgehead atoms. The molecule has 3 unspecified atom stereocenters. The van der Waals surface area contributed by atoms with Crippen molar-refractivity contribution in [2.75, 3.05) is 12.4 Å². The number of nitroso groups, excluding NO2 is 1. The maximum atomic E-state index is 12.0. The van der Waals surface area contributed by atoms with Crippen LogP contribution in [-0.2, 0) is 4.74 Å². The first-order valence-electron chi connectivity index (χ1n) is 6.09. The number of hydrogen-bond acceptors (Lipinski definition) is 7. The van der Waals surface area contributed by atoms with Gasteiger partial charge in [-0.15, -0.1) is 6.42 Å². The Balaban J connectivity index is 2.48. The predicted molar refractivity (Wildman–Crippen MR) is 72.8 cm³/mol. The van der Waals surface area contributed by atoms with Crippen LogP contribution in [0.15, 0.2) is 21.0 Å². The van der Waals surface area contributed by atoms with E-state index in [-0.39, 0.29) is 12.0 Å². The molecule has 2 heterocycles. The summed E-state index contributed by atoms with van der Waals surface area (Å²) in [7, 11) is 0. The van der Waals surface area contributed by atoms with Gasteiger partial charge in [0.05, 0.1) is 0 Å². The van der Waals surface area contributed by atoms with Gasteiger partial charge in [0, 0.05) is 18.2 Å². The fourth-order valence-electron chi connectivity index (χ4n) is 2.26. The molecule has 0 aromatic carbocycles. The summed E-state index contributed by atoms with van der Waals surface area (Å²) in [6.45, 7) is 1.03. The number of terminal acetylenes is 1. The van der Waals surface area contributed by atoms with Crippen molar-refractivity contribution in [3.8, 4) is 12.3 Å². The summed E-state index contributed by atoms with van der Waals surface area (Å²) in [6.07, 6.45) is 4.43. The number of nitrogens with two attached hydrogens (primary N) is 1. The van der Waals surface area contributed by atoms with E-state index < -0.39 is 35.7 Å². The van der Waals surface area contributed by atoms with E-state index in [1.54, 1.807) is 0 Å². The van der Waals surface area contributed by atoms with Crippen LogP contribution in [0.4, 0.5) is 0 Å². The zero-order valence-electron chi connectivity index (χ0n) is 11.2. The Hall–Kier alpha value is -2.44. The average Bonchev–Trinajstić information content (AvgIpc) is 2.78. The fourth-order valence-corrected chi connectivity index (χ4v) is 2.26. The lowest BCUT2D eigenvalue weighted by Gasteiger charge is -2.23. The van der Waals surface area contributed by atoms with Crippen molar-refractivity contribution >= 4 is 0 Å². The third-order valence-corrected chi connectivity index (χ3v) is 3.48. The van der Waals surface area contributed by atoms with Crippen LogP contribution < -0.4 is 17.1 Å². The first kappa shape index (κ1) is 15.0. The van der Waals surface area contributed by atoms with Crippen LogP contribution in [0.2, 0.25) is 0 Å². The number of hydrogen-bond donors (Lipinski definition) is 2. The molecule has 1 aromatic heterocycles. The number of ether oxygens (including phenoxy) is 1. The lowest BCUT2D eigenvalue weighted by atomic mass is 9.98. The van der Waals surface area contributed by atoms with Crippen LogP contribution in [0.25, 0.3) is 0 Å². The standard InChI is InChI=1S/C12H14N4O5/c1-3-12(6-14-20)8(17)4-9(21-12)15-5-7(2)10(18)16(13)11(15)19/h1,5,8-9,17H,4,6,13H2,2H3. The second kappa shape index (κ2) is 5.16. The van der Waals surface area contributed by atoms with Gasteiger partial charge in [0.1, 0.15) is 18.9 Å². The maximum Gasteiger partial charge on any atom is 0.351 e. The summed E-state index contributed by atoms with van der Waals surface area (Å²) in [4.78, 5) is 34.0. The highest BCUT2D eigenvalue weighted by molar-refractivity contribution is 5.17. The number of aliphatic hydroxyl groups excluding tert-OH is 1. The summed E-state index contributed by atoms with van der Waals surface area (Å²) in [6, 6.07) is 0. The Morgan fingerprint density at radius 1 is 1.67 bits per heavy atom. The molecule has 112 valence electrons. The normalized spacial score (nSPS) is 28.2. The van der Waals surface area contributed by atoms with Gasteiger partial charge in [0.2, 0.25) is 0 Å². The molecule has 0 aliphatic carbocycles. The van der Waals surface area contributed by atoms with Gasteiger partial charge < -0.3 is 15.7 Å². The Bertz CT molecular complexity index is 731. The molecule has 0 saturated carbocycles. The maximum absolute atomic E-state index is 12.0. The topological polar surface area (TPSA) is 129 Å². The van der Waals surface area contributed by atoms with Gasteiger partial charge >= 0.3 is 5.69 Å². The lowest BCUT2D eigenvalue weighted by Crippen LogP contribution is -2.46. The molecule has 1 saturated heterocycles. The highest BCUT2D eigenvalue weighted by Gasteiger charge is 2.48. The molecule has 3 N–H and O–H groups in total. The summed E-state index contributed by atoms with van der Waals surface area (Å²) in [5.41, 5.74) is -2.81. The summed E-state index contributed by atoms with van der Waals surface area (Å²) >= 11 is 0. The van der Waals surface area contributed by atoms with Crippen molar-refractivity contribution in [2.45, 2.75) is 31.3 Å². The van der Waals surface area contributed by atoms with Crippen LogP contribution >= 0.6 is 0 Å². The quantitative estimate of drug-likeness (QED) is 0.394. The van der Waals surface area contributed by atoms with E-state index >= 15 is 0 Å². The van der Waals surface area contributed by atoms with Crippen LogP contribution in [0, 0.1) is 24.2 Å². The molecule has 1 aromatic rings. The third kappa shape index (κ3) is 2.24. The van der Waals surface area contributed by atoms with E-state index in [4.69, 9.17) is 17.0 Å². The van der Waals surface area contributed by atoms with Crippen molar-refractivity contribution in [3.05, 3.63) is 37.5 Å². The minimum atomic E-state index is -1.59. The second-order valence-electron chi connectivity index (χ2n) is 4.82. The number of nitrogens with zero attached hydrogens (tertiary/aromatic N) is 3. The van der Waals surface area contributed by atoms with Gasteiger partial charge in [-0.2, -0.15) is 9.58 Å². The number of nitrogen functional groups attached to an aromatic ring is 1. The fraction of sp³-hybridized carbons (Fsp3) is 0.500. The van der Waals surface area contributed by atoms with Crippen LogP contribution in [0.5, 0.6) is 0 Å². The molecule has 0 amide bonds. The predicted octanol–water partition coefficient (Wildman–Crippen LogP) is -1.55. The van der Waals surface area contributed by atoms with Gasteiger partial charge in [0.25, 0.3) is 5.56 Å². The Morgan fingerprint density at radius 2 is 2.33 bits per heavy atom. The van der Waals surface area contributed by atoms with E-state index in [0.717, 1.165) is 4.57 Å². The highest BCUT2D eigenvalue weighted by Crippen LogP contribution is 2.36. The third-order valence-electron chi connectivity index (χ3n) is 3.48. The van der Waals surface area contributed by atoms with Crippen molar-refractivity contribution in [1.29, 1.82) is 0 Å². The Morgan fingerprint density at radius 3 is 2.90 bits per heavy atom. The first-order valence-corrected chi connectivity index (χ1v) is 6.09. The zero-order valence-corrected chi connectivity index (χ0v) is 11.2. The van der Waals surface area contributed by atoms with Gasteiger partial charge in [-0.1, -0.05) is 11.1 Å². The molecule has 3 atom stereocenters. The van der Waals surface area contributed by atoms with Gasteiger partial charge in [0.15, 0.2) is 5.60 Å². The SMILES string of the molecule is C#CC1(CN=O)OC(n2cc(C)c(=O)n(N)c2=O)CC1O.